The minimum Gasteiger partial charge on any atom is -0.507 e. The van der Waals surface area contributed by atoms with Crippen molar-refractivity contribution in [2.75, 3.05) is 13.2 Å². The molecule has 2 amide bonds. The molecule has 62 heavy (non-hydrogen) atoms. The van der Waals surface area contributed by atoms with Gasteiger partial charge in [-0.2, -0.15) is 0 Å². The van der Waals surface area contributed by atoms with Crippen LogP contribution in [0.2, 0.25) is 0 Å². The highest BCUT2D eigenvalue weighted by molar-refractivity contribution is 6.32. The Bertz CT molecular complexity index is 1870. The molecule has 0 aliphatic carbocycles. The maximum Gasteiger partial charge on any atom is 0.264 e. The second kappa shape index (κ2) is 22.6. The van der Waals surface area contributed by atoms with E-state index < -0.39 is 128 Å². The molecule has 0 bridgehead atoms. The van der Waals surface area contributed by atoms with E-state index in [-0.39, 0.29) is 17.6 Å². The van der Waals surface area contributed by atoms with Crippen molar-refractivity contribution in [3.05, 3.63) is 94.3 Å². The van der Waals surface area contributed by atoms with Gasteiger partial charge in [0.15, 0.2) is 24.6 Å². The number of ether oxygens (including phenoxy) is 6. The van der Waals surface area contributed by atoms with E-state index in [0.29, 0.717) is 16.5 Å². The molecule has 5 aliphatic heterocycles. The number of carbonyl (C=O) groups excluding carboxylic acids is 3. The highest BCUT2D eigenvalue weighted by Gasteiger charge is 2.56. The van der Waals surface area contributed by atoms with Gasteiger partial charge in [-0.25, -0.2) is 0 Å². The number of alkyl halides is 1. The molecule has 5 fully saturated rings. The highest BCUT2D eigenvalue weighted by Crippen LogP contribution is 2.35. The number of halogens is 3. The first-order valence-electron chi connectivity index (χ1n) is 19.6. The minimum atomic E-state index is -1.90. The number of rotatable bonds is 15. The van der Waals surface area contributed by atoms with Gasteiger partial charge in [0, 0.05) is 10.1 Å². The molecule has 0 aromatic rings. The molecule has 10 unspecified atom stereocenters. The number of Topliss-reactive ketones (excluding diaryl/α,β-unsaturated/α-hetero) is 1. The van der Waals surface area contributed by atoms with Crippen molar-refractivity contribution >= 4 is 52.4 Å². The molecular weight excluding hydrogens is 883 g/mol. The van der Waals surface area contributed by atoms with Crippen molar-refractivity contribution in [3.63, 3.8) is 0 Å². The molecule has 5 heterocycles. The van der Waals surface area contributed by atoms with Crippen molar-refractivity contribution in [3.8, 4) is 0 Å². The lowest BCUT2D eigenvalue weighted by Crippen LogP contribution is -2.65. The van der Waals surface area contributed by atoms with Crippen molar-refractivity contribution in [2.24, 2.45) is 5.73 Å². The number of hydrogen-bond acceptors (Lipinski definition) is 16. The number of ketones is 1. The van der Waals surface area contributed by atoms with Crippen LogP contribution in [0.5, 0.6) is 0 Å². The third kappa shape index (κ3) is 12.1. The quantitative estimate of drug-likeness (QED) is 0.0368. The van der Waals surface area contributed by atoms with Gasteiger partial charge in [0.05, 0.1) is 37.2 Å². The Morgan fingerprint density at radius 2 is 1.47 bits per heavy atom. The standard InChI is InChI=1S/C41H51Cl3N2O16/c1-19-15-23(44)36(59-19)22(43)13-10-12-21(42)11-8-6-4-3-5-7-9-14-25(47)29-31(51)24(16-28(45)49)46(38(29)56)39-37(32(52)26(48)17-57-39)62-40-35(55)33(53)27(18-58-40)61-41-34(54)30(50)20(2)60-41/h3-14,19-20,23-24,26-27,30,32-37,39-41,47-48,50,52-55H,15-18H2,1-2H3,(H2,45,49)/b4-3+,7-5+,8-6+,12-10+,14-9+,21-11-,22-13-,29-25-/t19-,20-,23+,24+,26?,27?,30-,32?,33?,34+,35?,36?,37?,39?,40?,41?/m1/s1. The minimum absolute atomic E-state index is 0.0274. The maximum atomic E-state index is 13.9. The summed E-state index contributed by atoms with van der Waals surface area (Å²) in [5.41, 5.74) is 4.69. The Labute approximate surface area is 372 Å². The predicted octanol–water partition coefficient (Wildman–Crippen LogP) is 0.658. The van der Waals surface area contributed by atoms with Crippen LogP contribution >= 0.6 is 34.8 Å². The summed E-state index contributed by atoms with van der Waals surface area (Å²) in [6.45, 7) is 2.38. The molecule has 342 valence electrons. The summed E-state index contributed by atoms with van der Waals surface area (Å²) in [4.78, 5) is 40.3. The number of nitrogens with two attached hydrogens (primary N) is 1. The highest BCUT2D eigenvalue weighted by atomic mass is 35.5. The van der Waals surface area contributed by atoms with Gasteiger partial charge in [0.2, 0.25) is 5.91 Å². The Morgan fingerprint density at radius 1 is 0.806 bits per heavy atom. The lowest BCUT2D eigenvalue weighted by Gasteiger charge is -2.46. The van der Waals surface area contributed by atoms with Crippen LogP contribution in [0.4, 0.5) is 0 Å². The summed E-state index contributed by atoms with van der Waals surface area (Å²) in [7, 11) is 0. The van der Waals surface area contributed by atoms with E-state index in [9.17, 15) is 50.1 Å². The fourth-order valence-electron chi connectivity index (χ4n) is 7.15. The van der Waals surface area contributed by atoms with Crippen molar-refractivity contribution < 1.29 is 78.6 Å². The molecule has 0 aromatic carbocycles. The number of aliphatic hydroxyl groups is 7. The summed E-state index contributed by atoms with van der Waals surface area (Å²) >= 11 is 18.8. The van der Waals surface area contributed by atoms with Crippen LogP contribution in [0.25, 0.3) is 0 Å². The van der Waals surface area contributed by atoms with Gasteiger partial charge in [-0.05, 0) is 44.6 Å². The van der Waals surface area contributed by atoms with Crippen molar-refractivity contribution in [2.45, 2.75) is 124 Å². The molecule has 18 nitrogen and oxygen atoms in total. The fraction of sp³-hybridized carbons (Fsp3) is 0.537. The average Bonchev–Trinajstić information content (AvgIpc) is 3.78. The monoisotopic (exact) mass is 932 g/mol. The zero-order valence-corrected chi connectivity index (χ0v) is 35.7. The van der Waals surface area contributed by atoms with Gasteiger partial charge in [0.25, 0.3) is 5.91 Å². The summed E-state index contributed by atoms with van der Waals surface area (Å²) in [5, 5.41) is 75.1. The lowest BCUT2D eigenvalue weighted by atomic mass is 10.0. The van der Waals surface area contributed by atoms with Gasteiger partial charge in [-0.15, -0.1) is 11.6 Å². The fourth-order valence-corrected chi connectivity index (χ4v) is 8.08. The largest absolute Gasteiger partial charge is 0.507 e. The first-order valence-corrected chi connectivity index (χ1v) is 20.8. The molecular formula is C41H51Cl3N2O16. The number of likely N-dealkylation sites (tertiary alicyclic amines) is 1. The van der Waals surface area contributed by atoms with Crippen LogP contribution in [0.3, 0.4) is 0 Å². The number of carbonyl (C=O) groups is 3. The normalized spacial score (nSPS) is 39.9. The SMILES string of the molecule is C[C@@H]1C[C@H](Cl)C(/C(Cl)=C/C=C/C(Cl)=C/C=C/C=C/C=C/C=C/C(O)=C2\C(=O)[C@H](CC(N)=O)N(C3OCC(O)C(O)C3OC3OCC(OC4O[C@H](C)[C@@H](O)[C@@H]4O)C(O)C3O)C2=O)O1. The third-order valence-corrected chi connectivity index (χ3v) is 11.4. The Hall–Kier alpha value is -3.28. The first-order chi connectivity index (χ1) is 29.4. The van der Waals surface area contributed by atoms with Crippen LogP contribution in [0.15, 0.2) is 94.3 Å². The van der Waals surface area contributed by atoms with Gasteiger partial charge < -0.3 is 69.9 Å². The average molecular weight is 934 g/mol. The van der Waals surface area contributed by atoms with Gasteiger partial charge in [-0.1, -0.05) is 71.8 Å². The maximum absolute atomic E-state index is 13.9. The van der Waals surface area contributed by atoms with Crippen LogP contribution in [-0.2, 0) is 42.8 Å². The molecule has 5 saturated heterocycles. The van der Waals surface area contributed by atoms with E-state index in [1.807, 2.05) is 6.92 Å². The summed E-state index contributed by atoms with van der Waals surface area (Å²) in [6, 6.07) is -1.65. The van der Waals surface area contributed by atoms with E-state index in [2.05, 4.69) is 0 Å². The second-order valence-electron chi connectivity index (χ2n) is 15.0. The van der Waals surface area contributed by atoms with Crippen molar-refractivity contribution in [1.82, 2.24) is 4.90 Å². The van der Waals surface area contributed by atoms with Crippen molar-refractivity contribution in [1.29, 1.82) is 0 Å². The number of primary amides is 1. The number of hydrogen-bond donors (Lipinski definition) is 8. The molecule has 5 rings (SSSR count). The molecule has 5 aliphatic rings. The van der Waals surface area contributed by atoms with E-state index in [4.69, 9.17) is 69.0 Å². The molecule has 0 aromatic heterocycles. The Balaban J connectivity index is 1.22. The Morgan fingerprint density at radius 3 is 2.10 bits per heavy atom. The zero-order valence-electron chi connectivity index (χ0n) is 33.5. The molecule has 9 N–H and O–H groups in total. The second-order valence-corrected chi connectivity index (χ2v) is 16.5. The molecule has 0 radical (unpaired) electrons. The summed E-state index contributed by atoms with van der Waals surface area (Å²) in [5.74, 6) is -3.91. The molecule has 21 heteroatoms. The van der Waals surface area contributed by atoms with E-state index in [1.54, 1.807) is 54.7 Å². The Kier molecular flexibility index (Phi) is 18.1. The van der Waals surface area contributed by atoms with Gasteiger partial charge >= 0.3 is 0 Å². The van der Waals surface area contributed by atoms with E-state index in [1.165, 1.54) is 19.1 Å². The number of aliphatic hydroxyl groups excluding tert-OH is 7. The molecule has 16 atom stereocenters. The van der Waals surface area contributed by atoms with Crippen LogP contribution in [-0.4, -0.2) is 169 Å². The van der Waals surface area contributed by atoms with Gasteiger partial charge in [-0.3, -0.25) is 19.3 Å². The molecule has 0 saturated carbocycles. The molecule has 0 spiro atoms. The van der Waals surface area contributed by atoms with Crippen LogP contribution in [0.1, 0.15) is 26.7 Å². The number of nitrogens with zero attached hydrogens (tertiary/aromatic N) is 1. The first kappa shape index (κ1) is 49.7. The number of allylic oxidation sites excluding steroid dienone is 13. The lowest BCUT2D eigenvalue weighted by molar-refractivity contribution is -0.338. The number of amides is 2. The summed E-state index contributed by atoms with van der Waals surface area (Å²) < 4.78 is 33.6. The predicted molar refractivity (Wildman–Crippen MR) is 221 cm³/mol. The summed E-state index contributed by atoms with van der Waals surface area (Å²) in [6.07, 6.45) is -0.0820. The zero-order chi connectivity index (χ0) is 45.4. The third-order valence-electron chi connectivity index (χ3n) is 10.4. The van der Waals surface area contributed by atoms with Crippen LogP contribution < -0.4 is 5.73 Å². The van der Waals surface area contributed by atoms with Crippen LogP contribution in [0, 0.1) is 0 Å². The van der Waals surface area contributed by atoms with E-state index in [0.717, 1.165) is 11.0 Å². The van der Waals surface area contributed by atoms with Gasteiger partial charge in [0.1, 0.15) is 72.3 Å². The topological polar surface area (TPSA) is 277 Å². The van der Waals surface area contributed by atoms with E-state index >= 15 is 0 Å². The smallest absolute Gasteiger partial charge is 0.264 e.